The van der Waals surface area contributed by atoms with Crippen LogP contribution in [0.2, 0.25) is 13.1 Å². The van der Waals surface area contributed by atoms with Gasteiger partial charge in [0.05, 0.1) is 23.6 Å². The molecule has 1 unspecified atom stereocenters. The summed E-state index contributed by atoms with van der Waals surface area (Å²) in [6, 6.07) is -1.12. The fraction of sp³-hybridized carbons (Fsp3) is 0.667. The highest BCUT2D eigenvalue weighted by atomic mass is 28.3. The quantitative estimate of drug-likeness (QED) is 0.185. The van der Waals surface area contributed by atoms with Crippen molar-refractivity contribution in [2.45, 2.75) is 71.3 Å². The second-order valence-electron chi connectivity index (χ2n) is 10.1. The number of Topliss-reactive ketones (excluding diaryl/α,β-unsaturated/α-hetero) is 1. The first-order valence-corrected chi connectivity index (χ1v) is 14.6. The first-order chi connectivity index (χ1) is 16.2. The Bertz CT molecular complexity index is 796. The van der Waals surface area contributed by atoms with E-state index in [1.54, 1.807) is 0 Å². The molecular weight excluding hydrogens is 470 g/mol. The molecule has 198 valence electrons. The monoisotopic (exact) mass is 511 g/mol. The summed E-state index contributed by atoms with van der Waals surface area (Å²) in [6.07, 6.45) is 1.40. The van der Waals surface area contributed by atoms with Crippen molar-refractivity contribution in [3.63, 3.8) is 0 Å². The van der Waals surface area contributed by atoms with Crippen molar-refractivity contribution in [1.29, 1.82) is 0 Å². The fourth-order valence-corrected chi connectivity index (χ4v) is 5.44. The van der Waals surface area contributed by atoms with E-state index in [1.807, 2.05) is 27.7 Å². The molecule has 1 fully saturated rings. The Morgan fingerprint density at radius 2 is 1.66 bits per heavy atom. The molecular formula is C24H41N3O7Si. The highest BCUT2D eigenvalue weighted by molar-refractivity contribution is 6.48. The van der Waals surface area contributed by atoms with Gasteiger partial charge in [-0.2, -0.15) is 0 Å². The molecule has 1 heterocycles. The van der Waals surface area contributed by atoms with E-state index < -0.39 is 38.8 Å². The zero-order valence-electron chi connectivity index (χ0n) is 21.8. The molecule has 1 aliphatic rings. The Hall–Kier alpha value is -2.66. The molecule has 3 amide bonds. The van der Waals surface area contributed by atoms with Gasteiger partial charge in [0.2, 0.25) is 5.91 Å². The number of ether oxygens (including phenoxy) is 2. The van der Waals surface area contributed by atoms with Crippen LogP contribution in [-0.2, 0) is 23.5 Å². The number of nitrogens with one attached hydrogen (secondary N) is 3. The largest absolute Gasteiger partial charge is 0.445 e. The second-order valence-corrected chi connectivity index (χ2v) is 12.4. The van der Waals surface area contributed by atoms with Crippen molar-refractivity contribution in [3.8, 4) is 0 Å². The Labute approximate surface area is 209 Å². The highest BCUT2D eigenvalue weighted by Crippen LogP contribution is 2.45. The molecule has 3 N–H and O–H groups in total. The number of β-lactam (4-membered cyclic amide) rings is 1. The summed E-state index contributed by atoms with van der Waals surface area (Å²) in [5, 5.41) is 7.93. The van der Waals surface area contributed by atoms with Crippen LogP contribution in [-0.4, -0.2) is 70.4 Å². The van der Waals surface area contributed by atoms with E-state index >= 15 is 0 Å². The average Bonchev–Trinajstić information content (AvgIpc) is 2.72. The Balaban J connectivity index is 2.88. The molecule has 10 nitrogen and oxygen atoms in total. The second kappa shape index (κ2) is 13.4. The van der Waals surface area contributed by atoms with Crippen LogP contribution in [0.15, 0.2) is 25.3 Å². The minimum absolute atomic E-state index is 0.00163. The molecule has 1 rings (SSSR count). The van der Waals surface area contributed by atoms with E-state index in [9.17, 15) is 19.2 Å². The van der Waals surface area contributed by atoms with Gasteiger partial charge in [-0.15, -0.1) is 0 Å². The highest BCUT2D eigenvalue weighted by Gasteiger charge is 2.57. The van der Waals surface area contributed by atoms with Gasteiger partial charge in [0.25, 0.3) is 0 Å². The molecule has 0 radical (unpaired) electrons. The number of amides is 3. The number of rotatable bonds is 14. The predicted octanol–water partition coefficient (Wildman–Crippen LogP) is 2.45. The molecule has 0 spiro atoms. The van der Waals surface area contributed by atoms with Crippen LogP contribution in [0.25, 0.3) is 0 Å². The first-order valence-electron chi connectivity index (χ1n) is 11.8. The summed E-state index contributed by atoms with van der Waals surface area (Å²) in [4.78, 5) is 49.4. The molecule has 0 bridgehead atoms. The average molecular weight is 512 g/mol. The molecule has 11 heteroatoms. The summed E-state index contributed by atoms with van der Waals surface area (Å²) < 4.78 is 16.2. The third kappa shape index (κ3) is 9.13. The van der Waals surface area contributed by atoms with Crippen molar-refractivity contribution >= 4 is 32.9 Å². The van der Waals surface area contributed by atoms with Gasteiger partial charge < -0.3 is 29.9 Å². The first kappa shape index (κ1) is 30.4. The lowest BCUT2D eigenvalue weighted by atomic mass is 9.63. The van der Waals surface area contributed by atoms with Gasteiger partial charge in [0.15, 0.2) is 9.04 Å². The molecule has 4 atom stereocenters. The molecule has 1 aliphatic heterocycles. The van der Waals surface area contributed by atoms with Gasteiger partial charge in [-0.05, 0) is 25.4 Å². The van der Waals surface area contributed by atoms with Gasteiger partial charge in [0, 0.05) is 19.4 Å². The van der Waals surface area contributed by atoms with Crippen molar-refractivity contribution in [2.24, 2.45) is 11.3 Å². The van der Waals surface area contributed by atoms with Gasteiger partial charge in [-0.25, -0.2) is 9.59 Å². The Morgan fingerprint density at radius 3 is 2.14 bits per heavy atom. The molecule has 0 aliphatic carbocycles. The summed E-state index contributed by atoms with van der Waals surface area (Å²) in [5.41, 5.74) is -1.06. The maximum Gasteiger partial charge on any atom is 0.407 e. The van der Waals surface area contributed by atoms with Crippen LogP contribution in [0, 0.1) is 11.3 Å². The van der Waals surface area contributed by atoms with Crippen LogP contribution >= 0.6 is 0 Å². The predicted molar refractivity (Wildman–Crippen MR) is 136 cm³/mol. The standard InChI is InChI=1S/C24H41N3O7Si/c1-9-11-32-21(30)25-15-16(26-22(31)33-12-10-2)13-17(28)14-18-19(20(29)27-18)24(6,23(3,4)5)34-35(7)8/h9-10,16,18-19,35H,1-2,11-15H2,3-8H3,(H,25,30)(H,26,31)(H,27,29)/t16?,18-,19-,24-/m1/s1. The maximum atomic E-state index is 13.0. The lowest BCUT2D eigenvalue weighted by Gasteiger charge is -2.54. The van der Waals surface area contributed by atoms with Crippen molar-refractivity contribution < 1.29 is 33.1 Å². The number of hydrogen-bond acceptors (Lipinski definition) is 7. The Morgan fingerprint density at radius 1 is 1.09 bits per heavy atom. The molecule has 0 aromatic carbocycles. The maximum absolute atomic E-state index is 13.0. The smallest absolute Gasteiger partial charge is 0.407 e. The zero-order chi connectivity index (χ0) is 26.8. The van der Waals surface area contributed by atoms with Crippen LogP contribution in [0.3, 0.4) is 0 Å². The van der Waals surface area contributed by atoms with Crippen LogP contribution < -0.4 is 16.0 Å². The summed E-state index contributed by atoms with van der Waals surface area (Å²) in [7, 11) is -1.49. The van der Waals surface area contributed by atoms with Crippen LogP contribution in [0.1, 0.15) is 40.5 Å². The third-order valence-electron chi connectivity index (χ3n) is 5.98. The number of carbonyl (C=O) groups is 4. The summed E-state index contributed by atoms with van der Waals surface area (Å²) in [6.45, 7) is 19.1. The number of alkyl carbamates (subject to hydrolysis) is 2. The van der Waals surface area contributed by atoms with Crippen LogP contribution in [0.5, 0.6) is 0 Å². The topological polar surface area (TPSA) is 132 Å². The van der Waals surface area contributed by atoms with Crippen LogP contribution in [0.4, 0.5) is 9.59 Å². The number of ketones is 1. The van der Waals surface area contributed by atoms with E-state index in [0.717, 1.165) is 0 Å². The lowest BCUT2D eigenvalue weighted by molar-refractivity contribution is -0.160. The van der Waals surface area contributed by atoms with Crippen molar-refractivity contribution in [3.05, 3.63) is 25.3 Å². The van der Waals surface area contributed by atoms with Gasteiger partial charge >= 0.3 is 12.2 Å². The summed E-state index contributed by atoms with van der Waals surface area (Å²) >= 11 is 0. The van der Waals surface area contributed by atoms with E-state index in [4.69, 9.17) is 13.9 Å². The SMILES string of the molecule is C=CCOC(=O)NCC(CC(=O)C[C@H]1NC(=O)[C@@H]1[C@@](C)(O[SiH](C)C)C(C)(C)C)NC(=O)OCC=C. The minimum atomic E-state index is -1.49. The fourth-order valence-electron chi connectivity index (χ4n) is 3.96. The number of hydrogen-bond donors (Lipinski definition) is 3. The van der Waals surface area contributed by atoms with Crippen molar-refractivity contribution in [1.82, 2.24) is 16.0 Å². The lowest BCUT2D eigenvalue weighted by Crippen LogP contribution is -2.70. The van der Waals surface area contributed by atoms with E-state index in [2.05, 4.69) is 42.2 Å². The molecule has 35 heavy (non-hydrogen) atoms. The van der Waals surface area contributed by atoms with E-state index in [0.29, 0.717) is 0 Å². The minimum Gasteiger partial charge on any atom is -0.445 e. The zero-order valence-corrected chi connectivity index (χ0v) is 22.9. The molecule has 0 saturated carbocycles. The molecule has 0 aromatic heterocycles. The van der Waals surface area contributed by atoms with Gasteiger partial charge in [0.1, 0.15) is 19.0 Å². The summed E-state index contributed by atoms with van der Waals surface area (Å²) in [5.74, 6) is -0.796. The third-order valence-corrected chi connectivity index (χ3v) is 6.94. The Kier molecular flexibility index (Phi) is 11.7. The van der Waals surface area contributed by atoms with E-state index in [-0.39, 0.29) is 55.7 Å². The van der Waals surface area contributed by atoms with E-state index in [1.165, 1.54) is 12.2 Å². The molecule has 0 aromatic rings. The van der Waals surface area contributed by atoms with Gasteiger partial charge in [-0.1, -0.05) is 46.1 Å². The van der Waals surface area contributed by atoms with Gasteiger partial charge in [-0.3, -0.25) is 9.59 Å². The normalized spacial score (nSPS) is 19.9. The number of carbonyl (C=O) groups excluding carboxylic acids is 4. The molecule has 1 saturated heterocycles. The van der Waals surface area contributed by atoms with Crippen molar-refractivity contribution in [2.75, 3.05) is 19.8 Å².